The van der Waals surface area contributed by atoms with E-state index in [0.29, 0.717) is 0 Å². The van der Waals surface area contributed by atoms with E-state index in [0.717, 1.165) is 16.8 Å². The van der Waals surface area contributed by atoms with E-state index >= 15 is 0 Å². The predicted molar refractivity (Wildman–Crippen MR) is 59.8 cm³/mol. The lowest BCUT2D eigenvalue weighted by molar-refractivity contribution is 1.50. The fourth-order valence-corrected chi connectivity index (χ4v) is 1.15. The van der Waals surface area contributed by atoms with Gasteiger partial charge in [-0.2, -0.15) is 0 Å². The van der Waals surface area contributed by atoms with Crippen molar-refractivity contribution in [1.82, 2.24) is 0 Å². The Bertz CT molecular complexity index is 306. The molecule has 13 heavy (non-hydrogen) atoms. The lowest BCUT2D eigenvalue weighted by atomic mass is 10.1. The molecular weight excluding hydrogens is 158 g/mol. The number of anilines is 1. The second-order valence-corrected chi connectivity index (χ2v) is 2.85. The van der Waals surface area contributed by atoms with Crippen molar-refractivity contribution in [3.05, 3.63) is 48.6 Å². The Hall–Kier alpha value is -1.50. The van der Waals surface area contributed by atoms with Crippen LogP contribution in [-0.4, -0.2) is 7.05 Å². The van der Waals surface area contributed by atoms with Crippen molar-refractivity contribution in [2.24, 2.45) is 0 Å². The minimum absolute atomic E-state index is 1.05. The highest BCUT2D eigenvalue weighted by Gasteiger charge is 1.93. The van der Waals surface area contributed by atoms with E-state index in [1.807, 2.05) is 38.3 Å². The molecule has 0 spiro atoms. The predicted octanol–water partition coefficient (Wildman–Crippen LogP) is 3.32. The fraction of sp³-hybridized carbons (Fsp3) is 0.167. The van der Waals surface area contributed by atoms with Gasteiger partial charge in [-0.1, -0.05) is 30.9 Å². The van der Waals surface area contributed by atoms with Crippen LogP contribution in [0.15, 0.2) is 43.0 Å². The largest absolute Gasteiger partial charge is 0.388 e. The van der Waals surface area contributed by atoms with E-state index in [1.54, 1.807) is 0 Å². The summed E-state index contributed by atoms with van der Waals surface area (Å²) in [5, 5.41) is 3.08. The molecule has 1 N–H and O–H groups in total. The molecule has 0 amide bonds. The van der Waals surface area contributed by atoms with E-state index < -0.39 is 0 Å². The van der Waals surface area contributed by atoms with Crippen molar-refractivity contribution < 1.29 is 0 Å². The Labute approximate surface area is 79.8 Å². The molecule has 0 radical (unpaired) electrons. The molecule has 0 aliphatic heterocycles. The monoisotopic (exact) mass is 173 g/mol. The van der Waals surface area contributed by atoms with Gasteiger partial charge in [-0.25, -0.2) is 0 Å². The first kappa shape index (κ1) is 9.59. The summed E-state index contributed by atoms with van der Waals surface area (Å²) >= 11 is 0. The maximum atomic E-state index is 3.96. The molecular formula is C12H15N. The molecule has 0 saturated carbocycles. The van der Waals surface area contributed by atoms with Crippen LogP contribution in [0.2, 0.25) is 0 Å². The van der Waals surface area contributed by atoms with Crippen LogP contribution in [0.4, 0.5) is 5.69 Å². The van der Waals surface area contributed by atoms with Crippen LogP contribution >= 0.6 is 0 Å². The van der Waals surface area contributed by atoms with Crippen LogP contribution in [0.25, 0.3) is 5.57 Å². The third-order valence-corrected chi connectivity index (χ3v) is 1.91. The molecule has 0 atom stereocenters. The minimum atomic E-state index is 1.05. The number of hydrogen-bond acceptors (Lipinski definition) is 1. The van der Waals surface area contributed by atoms with Crippen molar-refractivity contribution in [3.63, 3.8) is 0 Å². The van der Waals surface area contributed by atoms with E-state index in [2.05, 4.69) is 24.0 Å². The third kappa shape index (κ3) is 2.48. The highest BCUT2D eigenvalue weighted by molar-refractivity contribution is 5.72. The number of allylic oxidation sites excluding steroid dienone is 3. The maximum absolute atomic E-state index is 3.96. The molecule has 1 nitrogen and oxygen atoms in total. The van der Waals surface area contributed by atoms with Gasteiger partial charge in [0.2, 0.25) is 0 Å². The first-order valence-corrected chi connectivity index (χ1v) is 4.37. The molecule has 1 rings (SSSR count). The van der Waals surface area contributed by atoms with Crippen LogP contribution in [0.1, 0.15) is 12.5 Å². The molecule has 68 valence electrons. The zero-order valence-electron chi connectivity index (χ0n) is 8.17. The summed E-state index contributed by atoms with van der Waals surface area (Å²) in [4.78, 5) is 0. The molecule has 0 bridgehead atoms. The van der Waals surface area contributed by atoms with Crippen molar-refractivity contribution in [3.8, 4) is 0 Å². The highest BCUT2D eigenvalue weighted by Crippen LogP contribution is 2.16. The quantitative estimate of drug-likeness (QED) is 0.691. The third-order valence-electron chi connectivity index (χ3n) is 1.91. The molecule has 1 aromatic carbocycles. The SMILES string of the molecule is C=C(/C=C\C)c1ccc(NC)cc1. The lowest BCUT2D eigenvalue weighted by Crippen LogP contribution is -1.87. The van der Waals surface area contributed by atoms with Crippen LogP contribution in [0.5, 0.6) is 0 Å². The van der Waals surface area contributed by atoms with Gasteiger partial charge >= 0.3 is 0 Å². The molecule has 1 heteroatoms. The normalized spacial score (nSPS) is 10.3. The minimum Gasteiger partial charge on any atom is -0.388 e. The van der Waals surface area contributed by atoms with Gasteiger partial charge in [0.15, 0.2) is 0 Å². The van der Waals surface area contributed by atoms with Gasteiger partial charge < -0.3 is 5.32 Å². The van der Waals surface area contributed by atoms with Crippen LogP contribution in [0.3, 0.4) is 0 Å². The molecule has 0 aromatic heterocycles. The first-order valence-electron chi connectivity index (χ1n) is 4.37. The summed E-state index contributed by atoms with van der Waals surface area (Å²) in [5.41, 5.74) is 3.33. The van der Waals surface area contributed by atoms with Crippen molar-refractivity contribution >= 4 is 11.3 Å². The molecule has 0 heterocycles. The molecule has 0 aliphatic rings. The highest BCUT2D eigenvalue weighted by atomic mass is 14.8. The number of nitrogens with one attached hydrogen (secondary N) is 1. The van der Waals surface area contributed by atoms with Crippen LogP contribution in [-0.2, 0) is 0 Å². The van der Waals surface area contributed by atoms with E-state index in [-0.39, 0.29) is 0 Å². The summed E-state index contributed by atoms with van der Waals surface area (Å²) in [7, 11) is 1.91. The first-order chi connectivity index (χ1) is 6.27. The Morgan fingerprint density at radius 3 is 2.38 bits per heavy atom. The summed E-state index contributed by atoms with van der Waals surface area (Å²) in [6.45, 7) is 5.96. The molecule has 0 fully saturated rings. The summed E-state index contributed by atoms with van der Waals surface area (Å²) in [6.07, 6.45) is 4.00. The van der Waals surface area contributed by atoms with Gasteiger partial charge in [0.25, 0.3) is 0 Å². The topological polar surface area (TPSA) is 12.0 Å². The lowest BCUT2D eigenvalue weighted by Gasteiger charge is -2.02. The van der Waals surface area contributed by atoms with E-state index in [1.165, 1.54) is 0 Å². The molecule has 0 aliphatic carbocycles. The van der Waals surface area contributed by atoms with Gasteiger partial charge in [-0.05, 0) is 30.2 Å². The van der Waals surface area contributed by atoms with Gasteiger partial charge in [0, 0.05) is 12.7 Å². The Morgan fingerprint density at radius 1 is 1.31 bits per heavy atom. The Balaban J connectivity index is 2.85. The Kier molecular flexibility index (Phi) is 3.32. The average Bonchev–Trinajstić information content (AvgIpc) is 2.18. The van der Waals surface area contributed by atoms with Crippen molar-refractivity contribution in [2.75, 3.05) is 12.4 Å². The number of benzene rings is 1. The summed E-state index contributed by atoms with van der Waals surface area (Å²) in [6, 6.07) is 8.22. The van der Waals surface area contributed by atoms with Gasteiger partial charge in [-0.3, -0.25) is 0 Å². The Morgan fingerprint density at radius 2 is 1.92 bits per heavy atom. The maximum Gasteiger partial charge on any atom is 0.0337 e. The van der Waals surface area contributed by atoms with E-state index in [9.17, 15) is 0 Å². The molecule has 0 saturated heterocycles. The van der Waals surface area contributed by atoms with Crippen molar-refractivity contribution in [2.45, 2.75) is 6.92 Å². The molecule has 0 unspecified atom stereocenters. The number of hydrogen-bond donors (Lipinski definition) is 1. The second kappa shape index (κ2) is 4.51. The van der Waals surface area contributed by atoms with Gasteiger partial charge in [0.05, 0.1) is 0 Å². The average molecular weight is 173 g/mol. The van der Waals surface area contributed by atoms with Gasteiger partial charge in [0.1, 0.15) is 0 Å². The van der Waals surface area contributed by atoms with Gasteiger partial charge in [-0.15, -0.1) is 0 Å². The van der Waals surface area contributed by atoms with Crippen molar-refractivity contribution in [1.29, 1.82) is 0 Å². The summed E-state index contributed by atoms with van der Waals surface area (Å²) in [5.74, 6) is 0. The second-order valence-electron chi connectivity index (χ2n) is 2.85. The van der Waals surface area contributed by atoms with Crippen LogP contribution in [0, 0.1) is 0 Å². The smallest absolute Gasteiger partial charge is 0.0337 e. The number of rotatable bonds is 3. The molecule has 1 aromatic rings. The van der Waals surface area contributed by atoms with Crippen LogP contribution < -0.4 is 5.32 Å². The van der Waals surface area contributed by atoms with E-state index in [4.69, 9.17) is 0 Å². The zero-order valence-corrected chi connectivity index (χ0v) is 8.17. The summed E-state index contributed by atoms with van der Waals surface area (Å²) < 4.78 is 0. The fourth-order valence-electron chi connectivity index (χ4n) is 1.15. The zero-order chi connectivity index (χ0) is 9.68. The standard InChI is InChI=1S/C12H15N/c1-4-5-10(2)11-6-8-12(13-3)9-7-11/h4-9,13H,2H2,1,3H3/b5-4-.